The zero-order valence-electron chi connectivity index (χ0n) is 6.52. The third-order valence-electron chi connectivity index (χ3n) is 1.01. The maximum atomic E-state index is 5.60. The molecule has 0 rings (SSSR count). The zero-order chi connectivity index (χ0) is 7.28. The minimum atomic E-state index is 0.0278. The average Bonchev–Trinajstić information content (AvgIpc) is 1.63. The van der Waals surface area contributed by atoms with Gasteiger partial charge >= 0.3 is 0 Å². The van der Waals surface area contributed by atoms with Crippen LogP contribution in [0, 0.1) is 0 Å². The molecule has 9 heavy (non-hydrogen) atoms. The molecular weight excluding hydrogens is 112 g/mol. The van der Waals surface area contributed by atoms with Crippen LogP contribution in [0.25, 0.3) is 0 Å². The van der Waals surface area contributed by atoms with Crippen LogP contribution in [0.1, 0.15) is 33.6 Å². The van der Waals surface area contributed by atoms with E-state index in [1.807, 2.05) is 13.8 Å². The summed E-state index contributed by atoms with van der Waals surface area (Å²) in [6.45, 7) is 6.05. The van der Waals surface area contributed by atoms with E-state index in [1.54, 1.807) is 0 Å². The highest BCUT2D eigenvalue weighted by Gasteiger charge is 1.94. The number of nitrogens with two attached hydrogens (primary N) is 1. The van der Waals surface area contributed by atoms with E-state index in [1.165, 1.54) is 0 Å². The predicted octanol–water partition coefficient (Wildman–Crippen LogP) is 1.55. The smallest absolute Gasteiger partial charge is 0.0968 e. The van der Waals surface area contributed by atoms with E-state index in [4.69, 9.17) is 5.73 Å². The molecule has 2 nitrogen and oxygen atoms in total. The molecule has 0 bridgehead atoms. The van der Waals surface area contributed by atoms with Gasteiger partial charge in [0.15, 0.2) is 0 Å². The van der Waals surface area contributed by atoms with Crippen LogP contribution in [0.3, 0.4) is 0 Å². The van der Waals surface area contributed by atoms with E-state index in [0.29, 0.717) is 0 Å². The molecule has 2 N–H and O–H groups in total. The third kappa shape index (κ3) is 5.50. The van der Waals surface area contributed by atoms with E-state index >= 15 is 0 Å². The Morgan fingerprint density at radius 1 is 1.56 bits per heavy atom. The number of hydrogen-bond donors (Lipinski definition) is 1. The molecule has 0 heterocycles. The van der Waals surface area contributed by atoms with E-state index in [-0.39, 0.29) is 6.17 Å². The number of aliphatic imine (C=N–C) groups is 1. The van der Waals surface area contributed by atoms with Gasteiger partial charge in [0.2, 0.25) is 0 Å². The molecule has 54 valence electrons. The van der Waals surface area contributed by atoms with Crippen molar-refractivity contribution < 1.29 is 0 Å². The molecule has 0 aliphatic rings. The quantitative estimate of drug-likeness (QED) is 0.575. The lowest BCUT2D eigenvalue weighted by Crippen LogP contribution is -2.17. The van der Waals surface area contributed by atoms with Crippen molar-refractivity contribution in [1.82, 2.24) is 0 Å². The number of nitrogens with zero attached hydrogens (tertiary/aromatic N) is 1. The van der Waals surface area contributed by atoms with Gasteiger partial charge in [-0.2, -0.15) is 0 Å². The summed E-state index contributed by atoms with van der Waals surface area (Å²) in [7, 11) is 0. The van der Waals surface area contributed by atoms with Crippen LogP contribution in [0.4, 0.5) is 0 Å². The van der Waals surface area contributed by atoms with Crippen LogP contribution in [0.2, 0.25) is 0 Å². The fourth-order valence-corrected chi connectivity index (χ4v) is 0.692. The van der Waals surface area contributed by atoms with Gasteiger partial charge in [0.25, 0.3) is 0 Å². The molecule has 1 atom stereocenters. The molecule has 0 spiro atoms. The van der Waals surface area contributed by atoms with Crippen molar-refractivity contribution in [3.05, 3.63) is 0 Å². The van der Waals surface area contributed by atoms with Crippen LogP contribution >= 0.6 is 0 Å². The number of rotatable bonds is 3. The molecule has 0 saturated carbocycles. The molecule has 0 radical (unpaired) electrons. The van der Waals surface area contributed by atoms with Crippen LogP contribution in [0.15, 0.2) is 4.99 Å². The fourth-order valence-electron chi connectivity index (χ4n) is 0.692. The Labute approximate surface area is 57.2 Å². The highest BCUT2D eigenvalue weighted by molar-refractivity contribution is 5.79. The second-order valence-electron chi connectivity index (χ2n) is 2.43. The molecule has 0 aliphatic heterocycles. The first kappa shape index (κ1) is 8.63. The minimum Gasteiger partial charge on any atom is -0.310 e. The van der Waals surface area contributed by atoms with Crippen LogP contribution in [-0.2, 0) is 0 Å². The summed E-state index contributed by atoms with van der Waals surface area (Å²) in [6, 6.07) is 0. The Morgan fingerprint density at radius 3 is 2.44 bits per heavy atom. The summed E-state index contributed by atoms with van der Waals surface area (Å²) >= 11 is 0. The summed E-state index contributed by atoms with van der Waals surface area (Å²) in [6.07, 6.45) is 2.13. The standard InChI is InChI=1S/C7H16N2/c1-4-5-7(8)9-6(2)3/h7H,4-5,8H2,1-3H3/t7-/m0/s1. The fraction of sp³-hybridized carbons (Fsp3) is 0.857. The van der Waals surface area contributed by atoms with E-state index in [0.717, 1.165) is 18.6 Å². The van der Waals surface area contributed by atoms with Gasteiger partial charge in [-0.1, -0.05) is 13.3 Å². The first-order valence-corrected chi connectivity index (χ1v) is 3.43. The van der Waals surface area contributed by atoms with E-state index in [2.05, 4.69) is 11.9 Å². The summed E-state index contributed by atoms with van der Waals surface area (Å²) < 4.78 is 0. The van der Waals surface area contributed by atoms with Crippen molar-refractivity contribution in [2.75, 3.05) is 0 Å². The molecule has 0 unspecified atom stereocenters. The SMILES string of the molecule is CCC[C@@H](N)N=C(C)C. The highest BCUT2D eigenvalue weighted by Crippen LogP contribution is 1.94. The second kappa shape index (κ2) is 4.50. The number of hydrogen-bond acceptors (Lipinski definition) is 2. The molecule has 0 amide bonds. The van der Waals surface area contributed by atoms with Crippen molar-refractivity contribution in [2.45, 2.75) is 39.8 Å². The maximum Gasteiger partial charge on any atom is 0.0968 e. The van der Waals surface area contributed by atoms with Gasteiger partial charge in [-0.3, -0.25) is 4.99 Å². The van der Waals surface area contributed by atoms with Gasteiger partial charge in [0.05, 0.1) is 6.17 Å². The summed E-state index contributed by atoms with van der Waals surface area (Å²) in [4.78, 5) is 4.16. The molecule has 2 heteroatoms. The van der Waals surface area contributed by atoms with Gasteiger partial charge in [-0.05, 0) is 20.3 Å². The lowest BCUT2D eigenvalue weighted by atomic mass is 10.3. The van der Waals surface area contributed by atoms with Crippen LogP contribution in [-0.4, -0.2) is 11.9 Å². The van der Waals surface area contributed by atoms with Crippen molar-refractivity contribution in [3.63, 3.8) is 0 Å². The normalized spacial score (nSPS) is 12.9. The average molecular weight is 128 g/mol. The largest absolute Gasteiger partial charge is 0.310 e. The minimum absolute atomic E-state index is 0.0278. The van der Waals surface area contributed by atoms with Crippen molar-refractivity contribution >= 4 is 5.71 Å². The predicted molar refractivity (Wildman–Crippen MR) is 41.7 cm³/mol. The molecule has 0 aromatic heterocycles. The van der Waals surface area contributed by atoms with E-state index in [9.17, 15) is 0 Å². The molecule has 0 aromatic carbocycles. The lowest BCUT2D eigenvalue weighted by molar-refractivity contribution is 0.629. The summed E-state index contributed by atoms with van der Waals surface area (Å²) in [5.74, 6) is 0. The Bertz CT molecular complexity index is 93.1. The topological polar surface area (TPSA) is 38.4 Å². The van der Waals surface area contributed by atoms with Gasteiger partial charge in [0.1, 0.15) is 0 Å². The Hall–Kier alpha value is -0.370. The lowest BCUT2D eigenvalue weighted by Gasteiger charge is -2.03. The Balaban J connectivity index is 3.49. The monoisotopic (exact) mass is 128 g/mol. The third-order valence-corrected chi connectivity index (χ3v) is 1.01. The van der Waals surface area contributed by atoms with Crippen LogP contribution in [0.5, 0.6) is 0 Å². The van der Waals surface area contributed by atoms with Gasteiger partial charge in [-0.25, -0.2) is 0 Å². The Morgan fingerprint density at radius 2 is 2.11 bits per heavy atom. The van der Waals surface area contributed by atoms with Gasteiger partial charge in [-0.15, -0.1) is 0 Å². The molecule has 0 fully saturated rings. The zero-order valence-corrected chi connectivity index (χ0v) is 6.52. The molecule has 0 aliphatic carbocycles. The van der Waals surface area contributed by atoms with Crippen LogP contribution < -0.4 is 5.73 Å². The Kier molecular flexibility index (Phi) is 4.32. The molecule has 0 aromatic rings. The van der Waals surface area contributed by atoms with Crippen molar-refractivity contribution in [2.24, 2.45) is 10.7 Å². The first-order valence-electron chi connectivity index (χ1n) is 3.43. The summed E-state index contributed by atoms with van der Waals surface area (Å²) in [5, 5.41) is 0. The second-order valence-corrected chi connectivity index (χ2v) is 2.43. The molecule has 0 saturated heterocycles. The van der Waals surface area contributed by atoms with Gasteiger partial charge < -0.3 is 5.73 Å². The first-order chi connectivity index (χ1) is 4.16. The molecular formula is C7H16N2. The van der Waals surface area contributed by atoms with Gasteiger partial charge in [0, 0.05) is 5.71 Å². The van der Waals surface area contributed by atoms with E-state index < -0.39 is 0 Å². The van der Waals surface area contributed by atoms with Crippen molar-refractivity contribution in [1.29, 1.82) is 0 Å². The summed E-state index contributed by atoms with van der Waals surface area (Å²) in [5.41, 5.74) is 6.66. The highest BCUT2D eigenvalue weighted by atomic mass is 14.9. The maximum absolute atomic E-state index is 5.60. The van der Waals surface area contributed by atoms with Crippen molar-refractivity contribution in [3.8, 4) is 0 Å².